The number of nitrogens with one attached hydrogen (secondary N) is 2. The Bertz CT molecular complexity index is 1400. The van der Waals surface area contributed by atoms with E-state index in [1.807, 2.05) is 0 Å². The van der Waals surface area contributed by atoms with E-state index in [0.717, 1.165) is 24.3 Å². The first kappa shape index (κ1) is 26.4. The average molecular weight is 540 g/mol. The molecule has 0 saturated heterocycles. The molecule has 2 aromatic carbocycles. The smallest absolute Gasteiger partial charge is 0.406 e. The van der Waals surface area contributed by atoms with Crippen LogP contribution in [-0.2, 0) is 14.9 Å². The van der Waals surface area contributed by atoms with Crippen molar-refractivity contribution in [3.63, 3.8) is 0 Å². The summed E-state index contributed by atoms with van der Waals surface area (Å²) < 4.78 is 81.2. The largest absolute Gasteiger partial charge is 0.573 e. The van der Waals surface area contributed by atoms with Gasteiger partial charge in [0.1, 0.15) is 17.7 Å². The van der Waals surface area contributed by atoms with Crippen LogP contribution in [0.15, 0.2) is 88.3 Å². The van der Waals surface area contributed by atoms with Crippen molar-refractivity contribution < 1.29 is 35.6 Å². The number of halogens is 4. The molecule has 0 bridgehead atoms. The molecule has 13 heteroatoms. The number of hydrogen-bond donors (Lipinski definition) is 2. The van der Waals surface area contributed by atoms with Gasteiger partial charge < -0.3 is 9.72 Å². The minimum Gasteiger partial charge on any atom is -0.406 e. The van der Waals surface area contributed by atoms with Gasteiger partial charge in [-0.2, -0.15) is 4.31 Å². The van der Waals surface area contributed by atoms with Crippen molar-refractivity contribution >= 4 is 10.0 Å². The molecule has 3 aromatic rings. The number of rotatable bonds is 8. The highest BCUT2D eigenvalue weighted by Gasteiger charge is 2.32. The van der Waals surface area contributed by atoms with Crippen molar-refractivity contribution in [2.45, 2.75) is 23.8 Å². The summed E-state index contributed by atoms with van der Waals surface area (Å²) >= 11 is 0. The Morgan fingerprint density at radius 2 is 1.65 bits per heavy atom. The summed E-state index contributed by atoms with van der Waals surface area (Å²) in [5.41, 5.74) is 4.32. The number of hydrogen-bond acceptors (Lipinski definition) is 6. The SMILES string of the molecule is O=c1ccc(C(ONC2=CCN(S(=O)(=O)c3ccc(OC(F)(F)F)cc3)CC2)c2ccc(F)cc2)c[nH]1. The topological polar surface area (TPSA) is 101 Å². The molecule has 1 aliphatic rings. The molecule has 37 heavy (non-hydrogen) atoms. The van der Waals surface area contributed by atoms with Gasteiger partial charge in [0.25, 0.3) is 0 Å². The Morgan fingerprint density at radius 3 is 2.22 bits per heavy atom. The number of H-pyrrole nitrogens is 1. The van der Waals surface area contributed by atoms with Crippen LogP contribution in [0.2, 0.25) is 0 Å². The predicted molar refractivity (Wildman–Crippen MR) is 124 cm³/mol. The van der Waals surface area contributed by atoms with E-state index in [2.05, 4.69) is 15.2 Å². The summed E-state index contributed by atoms with van der Waals surface area (Å²) in [5.74, 6) is -0.942. The summed E-state index contributed by atoms with van der Waals surface area (Å²) in [6.45, 7) is 0.0832. The molecule has 1 atom stereocenters. The van der Waals surface area contributed by atoms with Gasteiger partial charge in [-0.25, -0.2) is 12.8 Å². The minimum atomic E-state index is -4.88. The van der Waals surface area contributed by atoms with Crippen LogP contribution in [0.25, 0.3) is 0 Å². The van der Waals surface area contributed by atoms with E-state index in [-0.39, 0.29) is 30.0 Å². The molecular weight excluding hydrogens is 518 g/mol. The molecule has 8 nitrogen and oxygen atoms in total. The lowest BCUT2D eigenvalue weighted by Gasteiger charge is -2.27. The lowest BCUT2D eigenvalue weighted by molar-refractivity contribution is -0.274. The second kappa shape index (κ2) is 10.7. The number of ether oxygens (including phenoxy) is 1. The Labute approximate surface area is 209 Å². The van der Waals surface area contributed by atoms with Crippen LogP contribution in [-0.4, -0.2) is 37.2 Å². The third-order valence-corrected chi connectivity index (χ3v) is 7.34. The Morgan fingerprint density at radius 1 is 0.973 bits per heavy atom. The quantitative estimate of drug-likeness (QED) is 0.332. The van der Waals surface area contributed by atoms with E-state index < -0.39 is 34.1 Å². The third kappa shape index (κ3) is 6.76. The number of aromatic amines is 1. The monoisotopic (exact) mass is 539 g/mol. The standard InChI is InChI=1S/C24H21F4N3O5S/c25-18-4-1-16(2-5-18)23(17-3-10-22(32)29-15-17)36-30-19-11-13-31(14-12-19)37(33,34)21-8-6-20(7-9-21)35-24(26,27)28/h1-11,15,23,30H,12-14H2,(H,29,32). The highest BCUT2D eigenvalue weighted by Crippen LogP contribution is 2.27. The zero-order valence-corrected chi connectivity index (χ0v) is 19.9. The fraction of sp³-hybridized carbons (Fsp3) is 0.208. The second-order valence-electron chi connectivity index (χ2n) is 8.00. The summed E-state index contributed by atoms with van der Waals surface area (Å²) in [6, 6.07) is 12.5. The lowest BCUT2D eigenvalue weighted by Crippen LogP contribution is -2.37. The zero-order chi connectivity index (χ0) is 26.6. The molecule has 1 unspecified atom stereocenters. The van der Waals surface area contributed by atoms with E-state index in [4.69, 9.17) is 4.84 Å². The average Bonchev–Trinajstić information content (AvgIpc) is 2.86. The first-order valence-electron chi connectivity index (χ1n) is 10.9. The van der Waals surface area contributed by atoms with Crippen molar-refractivity contribution in [1.29, 1.82) is 0 Å². The molecule has 2 heterocycles. The van der Waals surface area contributed by atoms with Crippen LogP contribution in [0.4, 0.5) is 17.6 Å². The van der Waals surface area contributed by atoms with E-state index >= 15 is 0 Å². The van der Waals surface area contributed by atoms with Gasteiger partial charge >= 0.3 is 6.36 Å². The van der Waals surface area contributed by atoms with Crippen LogP contribution < -0.4 is 15.8 Å². The van der Waals surface area contributed by atoms with Crippen LogP contribution in [0.1, 0.15) is 23.7 Å². The number of aromatic nitrogens is 1. The van der Waals surface area contributed by atoms with E-state index in [1.165, 1.54) is 28.7 Å². The van der Waals surface area contributed by atoms with Gasteiger partial charge in [-0.05, 0) is 54.1 Å². The molecule has 0 aliphatic carbocycles. The predicted octanol–water partition coefficient (Wildman–Crippen LogP) is 4.00. The molecule has 0 amide bonds. The normalized spacial score (nSPS) is 15.6. The number of nitrogens with zero attached hydrogens (tertiary/aromatic N) is 1. The molecule has 1 aliphatic heterocycles. The number of hydroxylamine groups is 1. The molecule has 196 valence electrons. The fourth-order valence-electron chi connectivity index (χ4n) is 3.61. The van der Waals surface area contributed by atoms with Crippen molar-refractivity contribution in [2.24, 2.45) is 0 Å². The maximum atomic E-state index is 13.4. The minimum absolute atomic E-state index is 0.00526. The van der Waals surface area contributed by atoms with E-state index in [0.29, 0.717) is 16.8 Å². The van der Waals surface area contributed by atoms with Gasteiger partial charge in [0, 0.05) is 43.0 Å². The molecular formula is C24H21F4N3O5S. The summed E-state index contributed by atoms with van der Waals surface area (Å²) in [5, 5.41) is 0. The number of alkyl halides is 3. The Kier molecular flexibility index (Phi) is 7.66. The molecule has 0 radical (unpaired) electrons. The third-order valence-electron chi connectivity index (χ3n) is 5.46. The number of pyridine rings is 1. The first-order chi connectivity index (χ1) is 17.5. The molecule has 0 fully saturated rings. The van der Waals surface area contributed by atoms with Crippen molar-refractivity contribution in [3.8, 4) is 5.75 Å². The molecule has 0 saturated carbocycles. The summed E-state index contributed by atoms with van der Waals surface area (Å²) in [7, 11) is -3.96. The van der Waals surface area contributed by atoms with Crippen molar-refractivity contribution in [2.75, 3.05) is 13.1 Å². The van der Waals surface area contributed by atoms with Crippen LogP contribution in [0, 0.1) is 5.82 Å². The molecule has 2 N–H and O–H groups in total. The lowest BCUT2D eigenvalue weighted by atomic mass is 10.0. The van der Waals surface area contributed by atoms with Crippen LogP contribution >= 0.6 is 0 Å². The van der Waals surface area contributed by atoms with Gasteiger partial charge in [0.15, 0.2) is 0 Å². The summed E-state index contributed by atoms with van der Waals surface area (Å²) in [4.78, 5) is 19.7. The van der Waals surface area contributed by atoms with Gasteiger partial charge in [0.05, 0.1) is 4.90 Å². The van der Waals surface area contributed by atoms with Gasteiger partial charge in [-0.3, -0.25) is 15.1 Å². The fourth-order valence-corrected chi connectivity index (χ4v) is 4.99. The molecule has 4 rings (SSSR count). The van der Waals surface area contributed by atoms with Gasteiger partial charge in [0.2, 0.25) is 15.6 Å². The first-order valence-corrected chi connectivity index (χ1v) is 12.4. The highest BCUT2D eigenvalue weighted by molar-refractivity contribution is 7.89. The molecule has 1 aromatic heterocycles. The second-order valence-corrected chi connectivity index (χ2v) is 9.94. The van der Waals surface area contributed by atoms with Crippen LogP contribution in [0.3, 0.4) is 0 Å². The van der Waals surface area contributed by atoms with E-state index in [1.54, 1.807) is 24.3 Å². The van der Waals surface area contributed by atoms with Crippen LogP contribution in [0.5, 0.6) is 5.75 Å². The molecule has 0 spiro atoms. The number of sulfonamides is 1. The number of benzene rings is 2. The highest BCUT2D eigenvalue weighted by atomic mass is 32.2. The Hall–Kier alpha value is -3.68. The Balaban J connectivity index is 1.43. The maximum absolute atomic E-state index is 13.4. The van der Waals surface area contributed by atoms with Gasteiger partial charge in [-0.15, -0.1) is 13.2 Å². The van der Waals surface area contributed by atoms with Crippen molar-refractivity contribution in [3.05, 3.63) is 106 Å². The maximum Gasteiger partial charge on any atom is 0.573 e. The summed E-state index contributed by atoms with van der Waals surface area (Å²) in [6.07, 6.45) is -2.24. The van der Waals surface area contributed by atoms with Crippen molar-refractivity contribution in [1.82, 2.24) is 14.8 Å². The van der Waals surface area contributed by atoms with E-state index in [9.17, 15) is 30.8 Å². The zero-order valence-electron chi connectivity index (χ0n) is 19.0. The van der Waals surface area contributed by atoms with Gasteiger partial charge in [-0.1, -0.05) is 12.1 Å².